The molecule has 0 aliphatic carbocycles. The van der Waals surface area contributed by atoms with Crippen LogP contribution in [0.15, 0.2) is 30.3 Å². The Kier molecular flexibility index (Phi) is 10.8. The zero-order chi connectivity index (χ0) is 19.0. The molecule has 0 saturated heterocycles. The summed E-state index contributed by atoms with van der Waals surface area (Å²) in [5.74, 6) is 0.0265. The van der Waals surface area contributed by atoms with Crippen LogP contribution in [0.2, 0.25) is 0 Å². The third-order valence-electron chi connectivity index (χ3n) is 2.17. The molecule has 0 unspecified atom stereocenters. The minimum atomic E-state index is -1.85. The predicted octanol–water partition coefficient (Wildman–Crippen LogP) is 7.24. The van der Waals surface area contributed by atoms with Gasteiger partial charge in [0, 0.05) is 5.56 Å². The maximum atomic E-state index is 5.79. The SMILES string of the molecule is CC.CC.ClC(Cl)(Cl)c1nc(-c2ccccc2)nc(C(Cl)(Cl)Cl)n1. The van der Waals surface area contributed by atoms with E-state index in [1.54, 1.807) is 12.1 Å². The van der Waals surface area contributed by atoms with Crippen LogP contribution in [0.5, 0.6) is 0 Å². The van der Waals surface area contributed by atoms with Crippen molar-refractivity contribution in [1.82, 2.24) is 15.0 Å². The maximum Gasteiger partial charge on any atom is 0.250 e. The summed E-state index contributed by atoms with van der Waals surface area (Å²) >= 11 is 34.7. The molecule has 0 atom stereocenters. The third kappa shape index (κ3) is 7.47. The number of benzene rings is 1. The van der Waals surface area contributed by atoms with E-state index >= 15 is 0 Å². The number of alkyl halides is 6. The first-order chi connectivity index (χ1) is 11.2. The first kappa shape index (κ1) is 24.0. The summed E-state index contributed by atoms with van der Waals surface area (Å²) in [5, 5.41) is 0. The highest BCUT2D eigenvalue weighted by atomic mass is 35.6. The van der Waals surface area contributed by atoms with Crippen LogP contribution in [-0.4, -0.2) is 15.0 Å². The fourth-order valence-electron chi connectivity index (χ4n) is 1.35. The lowest BCUT2D eigenvalue weighted by molar-refractivity contribution is 0.851. The third-order valence-corrected chi connectivity index (χ3v) is 3.19. The molecule has 1 aromatic heterocycles. The average Bonchev–Trinajstić information content (AvgIpc) is 2.57. The zero-order valence-electron chi connectivity index (χ0n) is 13.5. The van der Waals surface area contributed by atoms with Gasteiger partial charge >= 0.3 is 0 Å². The molecule has 0 saturated carbocycles. The summed E-state index contributed by atoms with van der Waals surface area (Å²) in [5.41, 5.74) is 0.681. The van der Waals surface area contributed by atoms with Crippen LogP contribution < -0.4 is 0 Å². The molecule has 0 radical (unpaired) electrons. The van der Waals surface area contributed by atoms with E-state index in [-0.39, 0.29) is 17.5 Å². The highest BCUT2D eigenvalue weighted by Crippen LogP contribution is 2.40. The highest BCUT2D eigenvalue weighted by Gasteiger charge is 2.33. The monoisotopic (exact) mass is 449 g/mol. The van der Waals surface area contributed by atoms with Crippen molar-refractivity contribution in [2.24, 2.45) is 0 Å². The summed E-state index contributed by atoms with van der Waals surface area (Å²) in [6, 6.07) is 9.02. The standard InChI is InChI=1S/C11H5Cl6N3.2C2H6/c12-10(13,14)8-18-7(6-4-2-1-3-5-6)19-9(20-8)11(15,16)17;2*1-2/h1-5H;2*1-2H3. The van der Waals surface area contributed by atoms with E-state index in [4.69, 9.17) is 69.6 Å². The maximum absolute atomic E-state index is 5.79. The Hall–Kier alpha value is -0.0300. The molecule has 0 spiro atoms. The van der Waals surface area contributed by atoms with Crippen molar-refractivity contribution in [1.29, 1.82) is 0 Å². The normalized spacial score (nSPS) is 10.9. The Morgan fingerprint density at radius 1 is 0.625 bits per heavy atom. The smallest absolute Gasteiger partial charge is 0.209 e. The van der Waals surface area contributed by atoms with Crippen LogP contribution in [0.4, 0.5) is 0 Å². The molecule has 2 rings (SSSR count). The van der Waals surface area contributed by atoms with E-state index < -0.39 is 7.59 Å². The molecule has 0 fully saturated rings. The summed E-state index contributed by atoms with van der Waals surface area (Å²) in [6.45, 7) is 8.00. The number of nitrogens with zero attached hydrogens (tertiary/aromatic N) is 3. The molecule has 24 heavy (non-hydrogen) atoms. The molecule has 0 amide bonds. The molecule has 0 N–H and O–H groups in total. The molecular weight excluding hydrogens is 435 g/mol. The minimum absolute atomic E-state index is 0.113. The summed E-state index contributed by atoms with van der Waals surface area (Å²) in [4.78, 5) is 12.1. The second-order valence-corrected chi connectivity index (χ2v) is 8.23. The van der Waals surface area contributed by atoms with Gasteiger partial charge in [0.15, 0.2) is 17.5 Å². The fraction of sp³-hybridized carbons (Fsp3) is 0.400. The Balaban J connectivity index is 0.00000123. The van der Waals surface area contributed by atoms with E-state index in [0.717, 1.165) is 0 Å². The lowest BCUT2D eigenvalue weighted by Crippen LogP contribution is -2.16. The minimum Gasteiger partial charge on any atom is -0.209 e. The highest BCUT2D eigenvalue weighted by molar-refractivity contribution is 6.67. The molecule has 9 heteroatoms. The van der Waals surface area contributed by atoms with Gasteiger partial charge in [0.2, 0.25) is 7.59 Å². The van der Waals surface area contributed by atoms with Crippen LogP contribution in [-0.2, 0) is 7.59 Å². The average molecular weight is 452 g/mol. The van der Waals surface area contributed by atoms with Crippen molar-refractivity contribution in [3.63, 3.8) is 0 Å². The Bertz CT molecular complexity index is 577. The molecule has 1 aromatic carbocycles. The molecule has 0 aliphatic heterocycles. The Morgan fingerprint density at radius 2 is 1.00 bits per heavy atom. The van der Waals surface area contributed by atoms with Gasteiger partial charge in [-0.3, -0.25) is 0 Å². The van der Waals surface area contributed by atoms with Crippen LogP contribution in [0.3, 0.4) is 0 Å². The molecular formula is C15H17Cl6N3. The zero-order valence-corrected chi connectivity index (χ0v) is 18.0. The molecule has 1 heterocycles. The summed E-state index contributed by atoms with van der Waals surface area (Å²) in [7, 11) is 0. The van der Waals surface area contributed by atoms with Crippen molar-refractivity contribution >= 4 is 69.6 Å². The van der Waals surface area contributed by atoms with Gasteiger partial charge in [-0.05, 0) is 0 Å². The van der Waals surface area contributed by atoms with Gasteiger partial charge in [-0.2, -0.15) is 0 Å². The second-order valence-electron chi connectivity index (χ2n) is 3.67. The Labute approximate surface area is 172 Å². The van der Waals surface area contributed by atoms with Gasteiger partial charge in [0.05, 0.1) is 0 Å². The predicted molar refractivity (Wildman–Crippen MR) is 106 cm³/mol. The van der Waals surface area contributed by atoms with Gasteiger partial charge in [0.25, 0.3) is 0 Å². The van der Waals surface area contributed by atoms with Crippen LogP contribution in [0.25, 0.3) is 11.4 Å². The van der Waals surface area contributed by atoms with Crippen LogP contribution in [0.1, 0.15) is 39.3 Å². The lowest BCUT2D eigenvalue weighted by Gasteiger charge is -2.15. The van der Waals surface area contributed by atoms with E-state index in [9.17, 15) is 0 Å². The topological polar surface area (TPSA) is 38.7 Å². The Morgan fingerprint density at radius 3 is 1.33 bits per heavy atom. The van der Waals surface area contributed by atoms with Crippen molar-refractivity contribution < 1.29 is 0 Å². The lowest BCUT2D eigenvalue weighted by atomic mass is 10.2. The van der Waals surface area contributed by atoms with Gasteiger partial charge in [-0.1, -0.05) is 128 Å². The summed E-state index contributed by atoms with van der Waals surface area (Å²) in [6.07, 6.45) is 0. The molecule has 0 aliphatic rings. The second kappa shape index (κ2) is 10.8. The van der Waals surface area contributed by atoms with Crippen molar-refractivity contribution in [2.45, 2.75) is 35.3 Å². The molecule has 134 valence electrons. The van der Waals surface area contributed by atoms with E-state index in [2.05, 4.69) is 15.0 Å². The molecule has 0 bridgehead atoms. The number of hydrogen-bond donors (Lipinski definition) is 0. The van der Waals surface area contributed by atoms with E-state index in [1.165, 1.54) is 0 Å². The number of hydrogen-bond acceptors (Lipinski definition) is 3. The molecule has 3 nitrogen and oxygen atoms in total. The van der Waals surface area contributed by atoms with Crippen molar-refractivity contribution in [3.05, 3.63) is 42.0 Å². The first-order valence-corrected chi connectivity index (χ1v) is 9.40. The van der Waals surface area contributed by atoms with E-state index in [1.807, 2.05) is 45.9 Å². The quantitative estimate of drug-likeness (QED) is 0.428. The number of halogens is 6. The van der Waals surface area contributed by atoms with Crippen molar-refractivity contribution in [3.8, 4) is 11.4 Å². The number of aromatic nitrogens is 3. The largest absolute Gasteiger partial charge is 0.250 e. The fourth-order valence-corrected chi connectivity index (χ4v) is 1.85. The van der Waals surface area contributed by atoms with Crippen LogP contribution in [0, 0.1) is 0 Å². The first-order valence-electron chi connectivity index (χ1n) is 7.14. The van der Waals surface area contributed by atoms with Gasteiger partial charge in [-0.25, -0.2) is 15.0 Å². The molecule has 2 aromatic rings. The summed E-state index contributed by atoms with van der Waals surface area (Å²) < 4.78 is -3.70. The van der Waals surface area contributed by atoms with Crippen molar-refractivity contribution in [2.75, 3.05) is 0 Å². The van der Waals surface area contributed by atoms with Gasteiger partial charge < -0.3 is 0 Å². The van der Waals surface area contributed by atoms with E-state index in [0.29, 0.717) is 5.56 Å². The number of rotatable bonds is 1. The van der Waals surface area contributed by atoms with Gasteiger partial charge in [-0.15, -0.1) is 0 Å². The van der Waals surface area contributed by atoms with Gasteiger partial charge in [0.1, 0.15) is 0 Å². The van der Waals surface area contributed by atoms with Crippen LogP contribution >= 0.6 is 69.6 Å².